The van der Waals surface area contributed by atoms with Gasteiger partial charge in [0.1, 0.15) is 0 Å². The Balaban J connectivity index is 1.87. The molecule has 1 saturated heterocycles. The number of nitrogens with one attached hydrogen (secondary N) is 1. The zero-order chi connectivity index (χ0) is 18.4. The summed E-state index contributed by atoms with van der Waals surface area (Å²) in [5.41, 5.74) is 2.44. The minimum atomic E-state index is 0.115. The highest BCUT2D eigenvalue weighted by Crippen LogP contribution is 2.25. The lowest BCUT2D eigenvalue weighted by molar-refractivity contribution is -0.128. The van der Waals surface area contributed by atoms with E-state index >= 15 is 0 Å². The number of guanidine groups is 1. The summed E-state index contributed by atoms with van der Waals surface area (Å²) >= 11 is 6.15. The number of benzene rings is 1. The molecule has 0 atom stereocenters. The van der Waals surface area contributed by atoms with Gasteiger partial charge in [-0.1, -0.05) is 17.7 Å². The van der Waals surface area contributed by atoms with Crippen LogP contribution >= 0.6 is 11.6 Å². The van der Waals surface area contributed by atoms with Crippen molar-refractivity contribution in [3.63, 3.8) is 0 Å². The largest absolute Gasteiger partial charge is 0.368 e. The third-order valence-corrected chi connectivity index (χ3v) is 4.66. The summed E-state index contributed by atoms with van der Waals surface area (Å²) in [6, 6.07) is 6.02. The van der Waals surface area contributed by atoms with Crippen LogP contribution in [0.15, 0.2) is 23.2 Å². The fraction of sp³-hybridized carbons (Fsp3) is 0.556. The second-order valence-corrected chi connectivity index (χ2v) is 6.85. The van der Waals surface area contributed by atoms with E-state index in [4.69, 9.17) is 11.6 Å². The molecule has 1 aromatic carbocycles. The van der Waals surface area contributed by atoms with Crippen molar-refractivity contribution >= 4 is 29.2 Å². The Morgan fingerprint density at radius 3 is 2.56 bits per heavy atom. The molecular weight excluding hydrogens is 338 g/mol. The van der Waals surface area contributed by atoms with Crippen LogP contribution in [0, 0.1) is 6.92 Å². The topological polar surface area (TPSA) is 51.2 Å². The molecule has 6 nitrogen and oxygen atoms in total. The summed E-state index contributed by atoms with van der Waals surface area (Å²) in [5, 5.41) is 4.06. The molecule has 1 aliphatic rings. The van der Waals surface area contributed by atoms with Crippen LogP contribution in [0.5, 0.6) is 0 Å². The molecule has 0 aromatic heterocycles. The zero-order valence-electron chi connectivity index (χ0n) is 15.5. The first-order chi connectivity index (χ1) is 11.9. The van der Waals surface area contributed by atoms with E-state index in [1.807, 2.05) is 12.1 Å². The number of aliphatic imine (C=N–C) groups is 1. The first-order valence-corrected chi connectivity index (χ1v) is 8.97. The number of nitrogens with zero attached hydrogens (tertiary/aromatic N) is 4. The average molecular weight is 366 g/mol. The summed E-state index contributed by atoms with van der Waals surface area (Å²) in [6.45, 7) is 6.30. The van der Waals surface area contributed by atoms with Crippen LogP contribution < -0.4 is 10.2 Å². The Bertz CT molecular complexity index is 624. The Morgan fingerprint density at radius 1 is 1.28 bits per heavy atom. The van der Waals surface area contributed by atoms with E-state index < -0.39 is 0 Å². The molecule has 0 aliphatic carbocycles. The van der Waals surface area contributed by atoms with E-state index in [1.54, 1.807) is 26.0 Å². The molecule has 1 heterocycles. The molecule has 1 fully saturated rings. The monoisotopic (exact) mass is 365 g/mol. The van der Waals surface area contributed by atoms with Gasteiger partial charge in [-0.3, -0.25) is 9.79 Å². The highest BCUT2D eigenvalue weighted by molar-refractivity contribution is 6.30. The molecule has 2 rings (SSSR count). The van der Waals surface area contributed by atoms with Gasteiger partial charge in [0.05, 0.1) is 0 Å². The molecule has 1 aliphatic heterocycles. The van der Waals surface area contributed by atoms with Gasteiger partial charge in [-0.15, -0.1) is 0 Å². The molecule has 0 spiro atoms. The lowest BCUT2D eigenvalue weighted by Crippen LogP contribution is -2.53. The maximum absolute atomic E-state index is 11.7. The third-order valence-electron chi connectivity index (χ3n) is 4.42. The maximum atomic E-state index is 11.7. The van der Waals surface area contributed by atoms with E-state index in [0.717, 1.165) is 37.2 Å². The SMILES string of the molecule is CN=C(NCCC(=O)N(C)C)N1CCN(c2cc(Cl)ccc2C)CC1. The Hall–Kier alpha value is -1.95. The summed E-state index contributed by atoms with van der Waals surface area (Å²) in [7, 11) is 5.33. The standard InChI is InChI=1S/C18H28ClN5O/c1-14-5-6-15(19)13-16(14)23-9-11-24(12-10-23)18(20-2)21-8-7-17(25)22(3)4/h5-6,13H,7-12H2,1-4H3,(H,20,21). The van der Waals surface area contributed by atoms with Gasteiger partial charge in [-0.2, -0.15) is 0 Å². The quantitative estimate of drug-likeness (QED) is 0.653. The Kier molecular flexibility index (Phi) is 6.93. The summed E-state index contributed by atoms with van der Waals surface area (Å²) < 4.78 is 0. The number of anilines is 1. The fourth-order valence-electron chi connectivity index (χ4n) is 2.92. The molecule has 1 aromatic rings. The van der Waals surface area contributed by atoms with Crippen LogP contribution in [0.2, 0.25) is 5.02 Å². The molecule has 0 unspecified atom stereocenters. The number of aryl methyl sites for hydroxylation is 1. The zero-order valence-corrected chi connectivity index (χ0v) is 16.3. The minimum absolute atomic E-state index is 0.115. The van der Waals surface area contributed by atoms with E-state index in [0.29, 0.717) is 13.0 Å². The Morgan fingerprint density at radius 2 is 1.96 bits per heavy atom. The molecule has 138 valence electrons. The van der Waals surface area contributed by atoms with Gasteiger partial charge in [0.15, 0.2) is 5.96 Å². The third kappa shape index (κ3) is 5.26. The summed E-state index contributed by atoms with van der Waals surface area (Å²) in [4.78, 5) is 22.2. The number of carbonyl (C=O) groups excluding carboxylic acids is 1. The summed E-state index contributed by atoms with van der Waals surface area (Å²) in [5.74, 6) is 0.971. The predicted octanol–water partition coefficient (Wildman–Crippen LogP) is 1.82. The first-order valence-electron chi connectivity index (χ1n) is 8.59. The van der Waals surface area contributed by atoms with Gasteiger partial charge >= 0.3 is 0 Å². The highest BCUT2D eigenvalue weighted by atomic mass is 35.5. The van der Waals surface area contributed by atoms with Crippen LogP contribution in [0.1, 0.15) is 12.0 Å². The first kappa shape index (κ1) is 19.4. The Labute approximate surface area is 155 Å². The molecule has 7 heteroatoms. The van der Waals surface area contributed by atoms with Crippen molar-refractivity contribution in [3.05, 3.63) is 28.8 Å². The number of hydrogen-bond acceptors (Lipinski definition) is 3. The maximum Gasteiger partial charge on any atom is 0.223 e. The number of amides is 1. The molecule has 1 amide bonds. The van der Waals surface area contributed by atoms with E-state index in [-0.39, 0.29) is 5.91 Å². The molecule has 0 saturated carbocycles. The van der Waals surface area contributed by atoms with Crippen molar-refractivity contribution in [1.29, 1.82) is 0 Å². The second-order valence-electron chi connectivity index (χ2n) is 6.42. The molecule has 0 radical (unpaired) electrons. The van der Waals surface area contributed by atoms with E-state index in [9.17, 15) is 4.79 Å². The molecule has 1 N–H and O–H groups in total. The minimum Gasteiger partial charge on any atom is -0.368 e. The normalized spacial score (nSPS) is 15.3. The van der Waals surface area contributed by atoms with Crippen LogP contribution in [0.4, 0.5) is 5.69 Å². The van der Waals surface area contributed by atoms with Crippen molar-refractivity contribution in [1.82, 2.24) is 15.1 Å². The number of hydrogen-bond donors (Lipinski definition) is 1. The van der Waals surface area contributed by atoms with Gasteiger partial charge in [-0.05, 0) is 24.6 Å². The van der Waals surface area contributed by atoms with Crippen molar-refractivity contribution < 1.29 is 4.79 Å². The lowest BCUT2D eigenvalue weighted by atomic mass is 10.1. The van der Waals surface area contributed by atoms with Crippen molar-refractivity contribution in [2.45, 2.75) is 13.3 Å². The number of halogens is 1. The highest BCUT2D eigenvalue weighted by Gasteiger charge is 2.21. The number of piperazine rings is 1. The predicted molar refractivity (Wildman–Crippen MR) is 105 cm³/mol. The van der Waals surface area contributed by atoms with Gasteiger partial charge in [0.2, 0.25) is 5.91 Å². The smallest absolute Gasteiger partial charge is 0.223 e. The molecular formula is C18H28ClN5O. The molecule has 25 heavy (non-hydrogen) atoms. The van der Waals surface area contributed by atoms with Crippen molar-refractivity contribution in [2.75, 3.05) is 58.8 Å². The van der Waals surface area contributed by atoms with Gasteiger partial charge in [0.25, 0.3) is 0 Å². The van der Waals surface area contributed by atoms with Crippen LogP contribution in [0.25, 0.3) is 0 Å². The number of carbonyl (C=O) groups is 1. The van der Waals surface area contributed by atoms with Gasteiger partial charge in [-0.25, -0.2) is 0 Å². The average Bonchev–Trinajstić information content (AvgIpc) is 2.61. The fourth-order valence-corrected chi connectivity index (χ4v) is 3.09. The van der Waals surface area contributed by atoms with E-state index in [1.165, 1.54) is 11.3 Å². The molecule has 0 bridgehead atoms. The van der Waals surface area contributed by atoms with Crippen molar-refractivity contribution in [2.24, 2.45) is 4.99 Å². The van der Waals surface area contributed by atoms with Crippen LogP contribution in [0.3, 0.4) is 0 Å². The van der Waals surface area contributed by atoms with Crippen LogP contribution in [-0.2, 0) is 4.79 Å². The van der Waals surface area contributed by atoms with Crippen LogP contribution in [-0.4, -0.2) is 75.5 Å². The number of rotatable bonds is 4. The van der Waals surface area contributed by atoms with Crippen molar-refractivity contribution in [3.8, 4) is 0 Å². The second kappa shape index (κ2) is 8.94. The van der Waals surface area contributed by atoms with Gasteiger partial charge in [0, 0.05) is 71.0 Å². The van der Waals surface area contributed by atoms with E-state index in [2.05, 4.69) is 33.1 Å². The van der Waals surface area contributed by atoms with Gasteiger partial charge < -0.3 is 20.0 Å². The summed E-state index contributed by atoms with van der Waals surface area (Å²) in [6.07, 6.45) is 0.466. The lowest BCUT2D eigenvalue weighted by Gasteiger charge is -2.38.